The highest BCUT2D eigenvalue weighted by Gasteiger charge is 2.37. The van der Waals surface area contributed by atoms with E-state index in [4.69, 9.17) is 14.5 Å². The summed E-state index contributed by atoms with van der Waals surface area (Å²) < 4.78 is 11.8. The predicted octanol–water partition coefficient (Wildman–Crippen LogP) is 10.4. The summed E-state index contributed by atoms with van der Waals surface area (Å²) >= 11 is 0. The molecule has 0 amide bonds. The van der Waals surface area contributed by atoms with Crippen LogP contribution in [0.3, 0.4) is 0 Å². The van der Waals surface area contributed by atoms with Gasteiger partial charge in [-0.3, -0.25) is 0 Å². The lowest BCUT2D eigenvalue weighted by molar-refractivity contribution is 0.344. The molecule has 0 unspecified atom stereocenters. The standard InChI is InChI=1S/C42H39NO2/c1-31(32-16-8-4-9-17-32)37-28-34(22-24-40(37)44-2)42(26-14-7-15-27-42)35-23-25-41(45-3)38(29-35)39(33-18-10-5-11-19-33)30-43-36-20-12-6-13-21-36/h4-6,8-13,16-25,28-29H,1,7,14-15,26-27H2,2-3H3. The Labute approximate surface area is 267 Å². The maximum absolute atomic E-state index is 5.98. The van der Waals surface area contributed by atoms with E-state index in [0.717, 1.165) is 63.4 Å². The van der Waals surface area contributed by atoms with Gasteiger partial charge in [0.1, 0.15) is 11.5 Å². The Morgan fingerprint density at radius 3 is 1.71 bits per heavy atom. The molecule has 0 aliphatic heterocycles. The third-order valence-electron chi connectivity index (χ3n) is 9.04. The Kier molecular flexibility index (Phi) is 9.10. The van der Waals surface area contributed by atoms with Gasteiger partial charge in [-0.05, 0) is 82.9 Å². The summed E-state index contributed by atoms with van der Waals surface area (Å²) in [6.07, 6.45) is 5.69. The van der Waals surface area contributed by atoms with Crippen molar-refractivity contribution in [1.29, 1.82) is 0 Å². The number of para-hydroxylation sites is 1. The van der Waals surface area contributed by atoms with Crippen LogP contribution in [0.15, 0.2) is 139 Å². The molecule has 1 aliphatic carbocycles. The van der Waals surface area contributed by atoms with Crippen LogP contribution < -0.4 is 9.47 Å². The van der Waals surface area contributed by atoms with Gasteiger partial charge in [-0.2, -0.15) is 0 Å². The number of methoxy groups -OCH3 is 2. The first-order chi connectivity index (χ1) is 22.1. The summed E-state index contributed by atoms with van der Waals surface area (Å²) in [4.78, 5) is 4.77. The van der Waals surface area contributed by atoms with Crippen LogP contribution in [-0.2, 0) is 5.41 Å². The molecule has 5 aromatic carbocycles. The Balaban J connectivity index is 1.53. The fourth-order valence-electron chi connectivity index (χ4n) is 6.64. The minimum atomic E-state index is -0.171. The fourth-order valence-corrected chi connectivity index (χ4v) is 6.64. The summed E-state index contributed by atoms with van der Waals surface area (Å²) in [5, 5.41) is 0. The summed E-state index contributed by atoms with van der Waals surface area (Å²) in [7, 11) is 3.47. The van der Waals surface area contributed by atoms with E-state index in [9.17, 15) is 0 Å². The number of ether oxygens (including phenoxy) is 2. The van der Waals surface area contributed by atoms with E-state index in [1.807, 2.05) is 42.5 Å². The van der Waals surface area contributed by atoms with Crippen molar-refractivity contribution in [1.82, 2.24) is 0 Å². The molecule has 1 saturated carbocycles. The molecule has 3 nitrogen and oxygen atoms in total. The zero-order valence-electron chi connectivity index (χ0n) is 26.1. The van der Waals surface area contributed by atoms with E-state index in [1.54, 1.807) is 14.2 Å². The van der Waals surface area contributed by atoms with Gasteiger partial charge in [-0.15, -0.1) is 0 Å². The van der Waals surface area contributed by atoms with Gasteiger partial charge >= 0.3 is 0 Å². The van der Waals surface area contributed by atoms with Crippen molar-refractivity contribution in [3.63, 3.8) is 0 Å². The second-order valence-corrected chi connectivity index (χ2v) is 11.6. The van der Waals surface area contributed by atoms with Crippen LogP contribution >= 0.6 is 0 Å². The van der Waals surface area contributed by atoms with E-state index in [1.165, 1.54) is 30.4 Å². The van der Waals surface area contributed by atoms with Gasteiger partial charge in [0.2, 0.25) is 0 Å². The molecule has 1 fully saturated rings. The molecule has 224 valence electrons. The Hall–Kier alpha value is -5.11. The topological polar surface area (TPSA) is 30.8 Å². The average Bonchev–Trinajstić information content (AvgIpc) is 3.12. The summed E-state index contributed by atoms with van der Waals surface area (Å²) in [5.74, 6) is 5.05. The van der Waals surface area contributed by atoms with Gasteiger partial charge in [0.15, 0.2) is 0 Å². The van der Waals surface area contributed by atoms with Crippen molar-refractivity contribution in [2.45, 2.75) is 37.5 Å². The Morgan fingerprint density at radius 1 is 0.622 bits per heavy atom. The summed E-state index contributed by atoms with van der Waals surface area (Å²) in [6, 6.07) is 44.0. The van der Waals surface area contributed by atoms with E-state index in [0.29, 0.717) is 0 Å². The SMILES string of the molecule is C=C(c1ccccc1)c1cc(C2(c3ccc(OC)c(C(=C=Nc4ccccc4)c4ccccc4)c3)CCCCC2)ccc1OC. The van der Waals surface area contributed by atoms with Gasteiger partial charge in [-0.25, -0.2) is 4.99 Å². The van der Waals surface area contributed by atoms with Crippen LogP contribution in [0.5, 0.6) is 11.5 Å². The van der Waals surface area contributed by atoms with E-state index >= 15 is 0 Å². The normalized spacial score (nSPS) is 13.7. The lowest BCUT2D eigenvalue weighted by Crippen LogP contribution is -2.30. The third-order valence-corrected chi connectivity index (χ3v) is 9.04. The van der Waals surface area contributed by atoms with Crippen LogP contribution in [-0.4, -0.2) is 20.1 Å². The fraction of sp³-hybridized carbons (Fsp3) is 0.190. The minimum absolute atomic E-state index is 0.171. The van der Waals surface area contributed by atoms with Gasteiger partial charge in [0, 0.05) is 16.5 Å². The number of rotatable bonds is 9. The highest BCUT2D eigenvalue weighted by molar-refractivity contribution is 6.01. The van der Waals surface area contributed by atoms with E-state index in [2.05, 4.69) is 97.4 Å². The second-order valence-electron chi connectivity index (χ2n) is 11.6. The molecule has 3 heteroatoms. The largest absolute Gasteiger partial charge is 0.496 e. The lowest BCUT2D eigenvalue weighted by Gasteiger charge is -2.39. The Morgan fingerprint density at radius 2 is 1.13 bits per heavy atom. The van der Waals surface area contributed by atoms with Gasteiger partial charge in [0.25, 0.3) is 0 Å². The first-order valence-electron chi connectivity index (χ1n) is 15.7. The Bertz CT molecular complexity index is 1830. The van der Waals surface area contributed by atoms with Gasteiger partial charge in [0.05, 0.1) is 25.5 Å². The van der Waals surface area contributed by atoms with Crippen LogP contribution in [0.2, 0.25) is 0 Å². The number of hydrogen-bond donors (Lipinski definition) is 0. The van der Waals surface area contributed by atoms with Crippen LogP contribution in [0, 0.1) is 0 Å². The maximum Gasteiger partial charge on any atom is 0.127 e. The van der Waals surface area contributed by atoms with E-state index < -0.39 is 0 Å². The van der Waals surface area contributed by atoms with Crippen LogP contribution in [0.1, 0.15) is 65.5 Å². The van der Waals surface area contributed by atoms with Crippen molar-refractivity contribution in [3.05, 3.63) is 167 Å². The molecule has 1 aliphatic rings. The molecule has 0 radical (unpaired) electrons. The van der Waals surface area contributed by atoms with Crippen LogP contribution in [0.4, 0.5) is 5.69 Å². The first kappa shape index (κ1) is 29.9. The number of aliphatic imine (C=N–C) groups is 1. The van der Waals surface area contributed by atoms with Crippen molar-refractivity contribution in [2.24, 2.45) is 4.99 Å². The molecule has 0 heterocycles. The molecule has 0 N–H and O–H groups in total. The van der Waals surface area contributed by atoms with Crippen molar-refractivity contribution in [3.8, 4) is 11.5 Å². The highest BCUT2D eigenvalue weighted by atomic mass is 16.5. The number of nitrogens with zero attached hydrogens (tertiary/aromatic N) is 1. The van der Waals surface area contributed by atoms with Crippen molar-refractivity contribution >= 4 is 22.7 Å². The molecule has 6 rings (SSSR count). The zero-order chi connectivity index (χ0) is 31.1. The summed E-state index contributed by atoms with van der Waals surface area (Å²) in [5.41, 5.74) is 9.24. The smallest absolute Gasteiger partial charge is 0.127 e. The lowest BCUT2D eigenvalue weighted by atomic mass is 9.64. The van der Waals surface area contributed by atoms with E-state index in [-0.39, 0.29) is 5.41 Å². The highest BCUT2D eigenvalue weighted by Crippen LogP contribution is 2.48. The second kappa shape index (κ2) is 13.7. The quantitative estimate of drug-likeness (QED) is 0.160. The number of benzene rings is 5. The minimum Gasteiger partial charge on any atom is -0.496 e. The maximum atomic E-state index is 5.98. The summed E-state index contributed by atoms with van der Waals surface area (Å²) in [6.45, 7) is 4.51. The third kappa shape index (κ3) is 6.27. The molecule has 0 bridgehead atoms. The van der Waals surface area contributed by atoms with Crippen molar-refractivity contribution in [2.75, 3.05) is 14.2 Å². The molecular formula is C42H39NO2. The molecule has 5 aromatic rings. The monoisotopic (exact) mass is 589 g/mol. The van der Waals surface area contributed by atoms with Crippen LogP contribution in [0.25, 0.3) is 11.1 Å². The average molecular weight is 590 g/mol. The molecule has 0 atom stereocenters. The predicted molar refractivity (Wildman–Crippen MR) is 187 cm³/mol. The molecule has 0 aromatic heterocycles. The number of hydrogen-bond acceptors (Lipinski definition) is 3. The molecule has 0 spiro atoms. The zero-order valence-corrected chi connectivity index (χ0v) is 26.1. The molecular weight excluding hydrogens is 550 g/mol. The van der Waals surface area contributed by atoms with Gasteiger partial charge < -0.3 is 9.47 Å². The van der Waals surface area contributed by atoms with Gasteiger partial charge in [-0.1, -0.05) is 117 Å². The molecule has 0 saturated heterocycles. The van der Waals surface area contributed by atoms with Crippen molar-refractivity contribution < 1.29 is 9.47 Å². The molecule has 45 heavy (non-hydrogen) atoms. The first-order valence-corrected chi connectivity index (χ1v) is 15.7.